The zero-order valence-electron chi connectivity index (χ0n) is 13.0. The summed E-state index contributed by atoms with van der Waals surface area (Å²) in [6.07, 6.45) is 16.0. The van der Waals surface area contributed by atoms with Crippen LogP contribution in [-0.2, 0) is 0 Å². The second-order valence-electron chi connectivity index (χ2n) is 4.64. The molecule has 0 spiro atoms. The number of halogens is 8. The average Bonchev–Trinajstić information content (AvgIpc) is 2.22. The van der Waals surface area contributed by atoms with E-state index >= 15 is 0 Å². The molecule has 148 valence electrons. The van der Waals surface area contributed by atoms with Crippen molar-refractivity contribution in [3.05, 3.63) is 0 Å². The second-order valence-corrected chi connectivity index (χ2v) is 4.64. The molecule has 0 aromatic rings. The van der Waals surface area contributed by atoms with E-state index in [0.29, 0.717) is 0 Å². The summed E-state index contributed by atoms with van der Waals surface area (Å²) in [4.78, 5) is 0. The highest BCUT2D eigenvalue weighted by Crippen LogP contribution is 2.11. The van der Waals surface area contributed by atoms with Gasteiger partial charge in [0.05, 0.1) is 0 Å². The molecule has 22 heavy (non-hydrogen) atoms. The summed E-state index contributed by atoms with van der Waals surface area (Å²) in [5.41, 5.74) is 0. The fraction of sp³-hybridized carbons (Fsp3) is 1.00. The van der Waals surface area contributed by atoms with Gasteiger partial charge in [0.2, 0.25) is 0 Å². The van der Waals surface area contributed by atoms with Gasteiger partial charge in [0.15, 0.2) is 0 Å². The molecule has 0 aliphatic carbocycles. The summed E-state index contributed by atoms with van der Waals surface area (Å²) in [6, 6.07) is 0. The summed E-state index contributed by atoms with van der Waals surface area (Å²) in [7, 11) is 0. The number of nitrogens with one attached hydrogen (secondary N) is 1. The van der Waals surface area contributed by atoms with Gasteiger partial charge in [0.25, 0.3) is 0 Å². The number of hydrogen-bond donors (Lipinski definition) is 1. The Hall–Kier alpha value is 2.28. The van der Waals surface area contributed by atoms with Crippen LogP contribution in [0.5, 0.6) is 0 Å². The molecule has 0 unspecified atom stereocenters. The third-order valence-corrected chi connectivity index (χ3v) is 3.21. The van der Waals surface area contributed by atoms with Crippen molar-refractivity contribution in [2.75, 3.05) is 13.1 Å². The summed E-state index contributed by atoms with van der Waals surface area (Å²) >= 11 is 0. The highest BCUT2D eigenvalue weighted by atomic mass is 35.5. The molecule has 1 heterocycles. The smallest absolute Gasteiger partial charge is 0.00489 e. The number of hydrogen-bond acceptors (Lipinski definition) is 1. The second kappa shape index (κ2) is 43.6. The summed E-state index contributed by atoms with van der Waals surface area (Å²) in [6.45, 7) is 2.50. The van der Waals surface area contributed by atoms with E-state index in [2.05, 4.69) is 5.32 Å². The van der Waals surface area contributed by atoms with E-state index in [1.165, 1.54) is 83.7 Å². The van der Waals surface area contributed by atoms with Gasteiger partial charge < -0.3 is 5.32 Å². The van der Waals surface area contributed by atoms with Crippen molar-refractivity contribution >= 4 is 99.3 Å². The van der Waals surface area contributed by atoms with Crippen molar-refractivity contribution in [2.24, 2.45) is 0 Å². The van der Waals surface area contributed by atoms with Crippen molar-refractivity contribution in [1.29, 1.82) is 0 Å². The number of rotatable bonds is 0. The fourth-order valence-corrected chi connectivity index (χ4v) is 2.22. The van der Waals surface area contributed by atoms with Crippen LogP contribution in [0.25, 0.3) is 0 Å². The van der Waals surface area contributed by atoms with Crippen LogP contribution >= 0.6 is 99.3 Å². The molecular formula is C13H35Cl8N. The van der Waals surface area contributed by atoms with Crippen LogP contribution in [-0.4, -0.2) is 13.1 Å². The van der Waals surface area contributed by atoms with E-state index in [9.17, 15) is 0 Å². The summed E-state index contributed by atoms with van der Waals surface area (Å²) in [5.74, 6) is 0. The minimum Gasteiger partial charge on any atom is -0.317 e. The van der Waals surface area contributed by atoms with Gasteiger partial charge in [-0.05, 0) is 25.9 Å². The van der Waals surface area contributed by atoms with Gasteiger partial charge in [0, 0.05) is 0 Å². The summed E-state index contributed by atoms with van der Waals surface area (Å²) < 4.78 is 0. The predicted molar refractivity (Wildman–Crippen MR) is 122 cm³/mol. The molecule has 1 saturated heterocycles. The molecule has 1 aliphatic heterocycles. The molecule has 1 nitrogen and oxygen atoms in total. The molecule has 0 atom stereocenters. The van der Waals surface area contributed by atoms with Gasteiger partial charge in [0.1, 0.15) is 0 Å². The SMILES string of the molecule is C1CCCCCCNCCCCCC1.Cl.Cl.Cl.Cl.Cl.Cl.Cl.Cl. The molecule has 0 aromatic heterocycles. The first-order chi connectivity index (χ1) is 7.00. The maximum absolute atomic E-state index is 3.54. The maximum atomic E-state index is 3.54. The van der Waals surface area contributed by atoms with Crippen LogP contribution in [0.3, 0.4) is 0 Å². The topological polar surface area (TPSA) is 12.0 Å². The molecule has 1 rings (SSSR count). The van der Waals surface area contributed by atoms with Crippen LogP contribution in [0.4, 0.5) is 0 Å². The van der Waals surface area contributed by atoms with Gasteiger partial charge in [-0.15, -0.1) is 99.3 Å². The fourth-order valence-electron chi connectivity index (χ4n) is 2.22. The first-order valence-electron chi connectivity index (χ1n) is 6.71. The van der Waals surface area contributed by atoms with Crippen molar-refractivity contribution in [3.8, 4) is 0 Å². The zero-order chi connectivity index (χ0) is 9.90. The van der Waals surface area contributed by atoms with Crippen molar-refractivity contribution in [2.45, 2.75) is 70.6 Å². The monoisotopic (exact) mass is 485 g/mol. The summed E-state index contributed by atoms with van der Waals surface area (Å²) in [5, 5.41) is 3.54. The largest absolute Gasteiger partial charge is 0.317 e. The highest BCUT2D eigenvalue weighted by Gasteiger charge is 1.95. The third-order valence-electron chi connectivity index (χ3n) is 3.21. The highest BCUT2D eigenvalue weighted by molar-refractivity contribution is 5.86. The van der Waals surface area contributed by atoms with Gasteiger partial charge in [-0.3, -0.25) is 0 Å². The Kier molecular flexibility index (Phi) is 98.4. The molecule has 1 N–H and O–H groups in total. The van der Waals surface area contributed by atoms with Crippen molar-refractivity contribution in [3.63, 3.8) is 0 Å². The van der Waals surface area contributed by atoms with Gasteiger partial charge >= 0.3 is 0 Å². The van der Waals surface area contributed by atoms with Crippen LogP contribution < -0.4 is 5.32 Å². The predicted octanol–water partition coefficient (Wildman–Crippen LogP) is 7.26. The van der Waals surface area contributed by atoms with E-state index < -0.39 is 0 Å². The zero-order valence-corrected chi connectivity index (χ0v) is 19.5. The normalized spacial score (nSPS) is 15.3. The van der Waals surface area contributed by atoms with E-state index in [1.807, 2.05) is 0 Å². The van der Waals surface area contributed by atoms with Crippen LogP contribution in [0.2, 0.25) is 0 Å². The molecule has 0 saturated carbocycles. The minimum atomic E-state index is 0. The quantitative estimate of drug-likeness (QED) is 0.378. The maximum Gasteiger partial charge on any atom is -0.00489 e. The lowest BCUT2D eigenvalue weighted by Crippen LogP contribution is -2.16. The third kappa shape index (κ3) is 38.1. The van der Waals surface area contributed by atoms with Gasteiger partial charge in [-0.1, -0.05) is 57.8 Å². The Bertz CT molecular complexity index is 79.3. The van der Waals surface area contributed by atoms with E-state index in [4.69, 9.17) is 0 Å². The lowest BCUT2D eigenvalue weighted by atomic mass is 10.1. The Labute approximate surface area is 187 Å². The van der Waals surface area contributed by atoms with Crippen LogP contribution in [0.1, 0.15) is 70.6 Å². The van der Waals surface area contributed by atoms with Crippen molar-refractivity contribution < 1.29 is 0 Å². The van der Waals surface area contributed by atoms with E-state index in [0.717, 1.165) is 0 Å². The molecule has 0 amide bonds. The molecule has 9 heteroatoms. The van der Waals surface area contributed by atoms with E-state index in [1.54, 1.807) is 0 Å². The molecule has 0 bridgehead atoms. The van der Waals surface area contributed by atoms with Crippen molar-refractivity contribution in [1.82, 2.24) is 5.32 Å². The lowest BCUT2D eigenvalue weighted by Gasteiger charge is -2.07. The first kappa shape index (κ1) is 49.6. The van der Waals surface area contributed by atoms with Crippen LogP contribution in [0.15, 0.2) is 0 Å². The molecule has 0 radical (unpaired) electrons. The molecule has 1 aliphatic rings. The van der Waals surface area contributed by atoms with Gasteiger partial charge in [-0.25, -0.2) is 0 Å². The average molecular weight is 489 g/mol. The Morgan fingerprint density at radius 2 is 0.455 bits per heavy atom. The minimum absolute atomic E-state index is 0. The molecular weight excluding hydrogens is 454 g/mol. The lowest BCUT2D eigenvalue weighted by molar-refractivity contribution is 0.511. The Morgan fingerprint density at radius 3 is 0.682 bits per heavy atom. The van der Waals surface area contributed by atoms with Crippen LogP contribution in [0, 0.1) is 0 Å². The Balaban J connectivity index is -0.0000000408. The van der Waals surface area contributed by atoms with E-state index in [-0.39, 0.29) is 99.3 Å². The molecule has 0 aromatic carbocycles. The Morgan fingerprint density at radius 1 is 0.273 bits per heavy atom. The molecule has 1 fully saturated rings. The van der Waals surface area contributed by atoms with Gasteiger partial charge in [-0.2, -0.15) is 0 Å². The standard InChI is InChI=1S/C13H27N.8ClH/c1-2-4-6-8-10-12-14-13-11-9-7-5-3-1;;;;;;;;/h14H,1-13H2;8*1H. The first-order valence-corrected chi connectivity index (χ1v) is 6.71.